The number of ketones is 1. The second-order valence-electron chi connectivity index (χ2n) is 15.5. The number of imidazole rings is 1. The number of alkyl carbamates (subject to hydrolysis) is 1. The number of aromatic amines is 1. The van der Waals surface area contributed by atoms with Gasteiger partial charge in [-0.2, -0.15) is 0 Å². The molecule has 7 rings (SSSR count). The maximum absolute atomic E-state index is 13.6. The number of hydrogen-bond acceptors (Lipinski definition) is 9. The number of methoxy groups -OCH3 is 1. The van der Waals surface area contributed by atoms with Crippen molar-refractivity contribution < 1.29 is 43.3 Å². The molecule has 4 aromatic rings. The Morgan fingerprint density at radius 3 is 2.24 bits per heavy atom. The van der Waals surface area contributed by atoms with E-state index in [2.05, 4.69) is 15.6 Å². The first-order valence-electron chi connectivity index (χ1n) is 20.0. The van der Waals surface area contributed by atoms with Crippen LogP contribution >= 0.6 is 0 Å². The van der Waals surface area contributed by atoms with Crippen molar-refractivity contribution in [1.29, 1.82) is 0 Å². The van der Waals surface area contributed by atoms with Crippen LogP contribution in [0.4, 0.5) is 9.59 Å². The normalized spacial score (nSPS) is 20.4. The molecular weight excluding hydrogens is 757 g/mol. The molecule has 3 aromatic carbocycles. The fourth-order valence-corrected chi connectivity index (χ4v) is 8.33. The number of carbonyl (C=O) groups excluding carboxylic acids is 4. The van der Waals surface area contributed by atoms with Crippen LogP contribution in [-0.4, -0.2) is 112 Å². The molecule has 15 nitrogen and oxygen atoms in total. The van der Waals surface area contributed by atoms with Gasteiger partial charge in [0.1, 0.15) is 17.9 Å². The molecule has 1 spiro atoms. The number of hydrogen-bond donors (Lipinski definition) is 4. The molecular formula is C44H50N6O9. The molecule has 1 aromatic heterocycles. The molecule has 3 fully saturated rings. The third-order valence-corrected chi connectivity index (χ3v) is 11.4. The van der Waals surface area contributed by atoms with Crippen molar-refractivity contribution in [2.75, 3.05) is 33.4 Å². The molecule has 4 heterocycles. The Bertz CT molecular complexity index is 2130. The number of carbonyl (C=O) groups is 5. The minimum absolute atomic E-state index is 0.0161. The van der Waals surface area contributed by atoms with E-state index in [9.17, 15) is 29.1 Å². The third-order valence-electron chi connectivity index (χ3n) is 11.4. The number of nitrogens with zero attached hydrogens (tertiary/aromatic N) is 3. The van der Waals surface area contributed by atoms with Gasteiger partial charge in [-0.25, -0.2) is 14.6 Å². The molecule has 0 aliphatic carbocycles. The minimum atomic E-state index is -1.27. The monoisotopic (exact) mass is 806 g/mol. The SMILES string of the molecule is COC(=O)N[C@H](C(=O)N1CCC[C@H]1c1nc(-c2ccc(-c3ccc(C(=O)CNC(=O)[C@@H]4CC5(OCCCO5)C(Cc5ccccc5)N4C(=O)O)cc3)cc2)c[nH]1)C(C)C. The number of H-pyrrole nitrogens is 1. The topological polar surface area (TPSA) is 192 Å². The van der Waals surface area contributed by atoms with Crippen LogP contribution in [0.2, 0.25) is 0 Å². The maximum Gasteiger partial charge on any atom is 0.408 e. The van der Waals surface area contributed by atoms with Gasteiger partial charge in [0.2, 0.25) is 11.8 Å². The highest BCUT2D eigenvalue weighted by Crippen LogP contribution is 2.41. The summed E-state index contributed by atoms with van der Waals surface area (Å²) in [6.07, 6.45) is 2.46. The number of rotatable bonds is 12. The molecule has 59 heavy (non-hydrogen) atoms. The fourth-order valence-electron chi connectivity index (χ4n) is 8.33. The summed E-state index contributed by atoms with van der Waals surface area (Å²) in [5.74, 6) is -1.80. The molecule has 0 saturated carbocycles. The summed E-state index contributed by atoms with van der Waals surface area (Å²) in [6, 6.07) is 21.5. The first-order valence-corrected chi connectivity index (χ1v) is 20.0. The zero-order chi connectivity index (χ0) is 41.7. The fraction of sp³-hybridized carbons (Fsp3) is 0.409. The second-order valence-corrected chi connectivity index (χ2v) is 15.5. The first-order chi connectivity index (χ1) is 28.5. The Hall–Kier alpha value is -6.06. The number of Topliss-reactive ketones (excluding diaryl/α,β-unsaturated/α-hetero) is 1. The largest absolute Gasteiger partial charge is 0.465 e. The van der Waals surface area contributed by atoms with E-state index in [0.717, 1.165) is 45.7 Å². The zero-order valence-corrected chi connectivity index (χ0v) is 33.4. The van der Waals surface area contributed by atoms with Gasteiger partial charge in [-0.1, -0.05) is 92.7 Å². The van der Waals surface area contributed by atoms with E-state index < -0.39 is 42.0 Å². The summed E-state index contributed by atoms with van der Waals surface area (Å²) < 4.78 is 16.9. The molecule has 3 saturated heterocycles. The Kier molecular flexibility index (Phi) is 12.4. The van der Waals surface area contributed by atoms with Gasteiger partial charge in [0.25, 0.3) is 0 Å². The number of aromatic nitrogens is 2. The van der Waals surface area contributed by atoms with E-state index in [1.165, 1.54) is 7.11 Å². The molecule has 4 amide bonds. The van der Waals surface area contributed by atoms with E-state index in [-0.39, 0.29) is 36.6 Å². The number of nitrogens with one attached hydrogen (secondary N) is 3. The van der Waals surface area contributed by atoms with Gasteiger partial charge in [0.15, 0.2) is 11.6 Å². The Morgan fingerprint density at radius 2 is 1.59 bits per heavy atom. The molecule has 0 bridgehead atoms. The number of amides is 4. The van der Waals surface area contributed by atoms with Gasteiger partial charge in [0.05, 0.1) is 44.6 Å². The van der Waals surface area contributed by atoms with E-state index in [1.807, 2.05) is 86.8 Å². The van der Waals surface area contributed by atoms with Crippen LogP contribution < -0.4 is 10.6 Å². The van der Waals surface area contributed by atoms with E-state index in [4.69, 9.17) is 19.2 Å². The van der Waals surface area contributed by atoms with Crippen molar-refractivity contribution in [2.24, 2.45) is 5.92 Å². The average molecular weight is 807 g/mol. The van der Waals surface area contributed by atoms with Gasteiger partial charge in [0, 0.05) is 30.3 Å². The lowest BCUT2D eigenvalue weighted by molar-refractivity contribution is -0.275. The maximum atomic E-state index is 13.6. The summed E-state index contributed by atoms with van der Waals surface area (Å²) in [4.78, 5) is 75.9. The smallest absolute Gasteiger partial charge is 0.408 e. The van der Waals surface area contributed by atoms with Crippen LogP contribution in [0.5, 0.6) is 0 Å². The lowest BCUT2D eigenvalue weighted by atomic mass is 9.97. The highest BCUT2D eigenvalue weighted by atomic mass is 16.7. The zero-order valence-electron chi connectivity index (χ0n) is 33.4. The number of likely N-dealkylation sites (tertiary alicyclic amines) is 2. The predicted molar refractivity (Wildman–Crippen MR) is 216 cm³/mol. The molecule has 4 N–H and O–H groups in total. The second kappa shape index (κ2) is 17.8. The van der Waals surface area contributed by atoms with Crippen molar-refractivity contribution >= 4 is 29.8 Å². The highest BCUT2D eigenvalue weighted by Gasteiger charge is 2.59. The van der Waals surface area contributed by atoms with Crippen LogP contribution in [0.1, 0.15) is 67.3 Å². The highest BCUT2D eigenvalue weighted by molar-refractivity contribution is 6.00. The van der Waals surface area contributed by atoms with Crippen LogP contribution in [0, 0.1) is 5.92 Å². The molecule has 3 aliphatic rings. The number of carboxylic acid groups (broad SMARTS) is 1. The van der Waals surface area contributed by atoms with Crippen LogP contribution in [0.15, 0.2) is 85.1 Å². The first kappa shape index (κ1) is 41.1. The van der Waals surface area contributed by atoms with Crippen LogP contribution in [-0.2, 0) is 30.2 Å². The van der Waals surface area contributed by atoms with Crippen molar-refractivity contribution in [3.8, 4) is 22.4 Å². The van der Waals surface area contributed by atoms with Gasteiger partial charge >= 0.3 is 12.2 Å². The summed E-state index contributed by atoms with van der Waals surface area (Å²) >= 11 is 0. The average Bonchev–Trinajstić information content (AvgIpc) is 4.01. The molecule has 0 radical (unpaired) electrons. The minimum Gasteiger partial charge on any atom is -0.465 e. The van der Waals surface area contributed by atoms with Gasteiger partial charge < -0.3 is 39.8 Å². The summed E-state index contributed by atoms with van der Waals surface area (Å²) in [7, 11) is 1.27. The molecule has 3 aliphatic heterocycles. The number of benzene rings is 3. The van der Waals surface area contributed by atoms with Crippen molar-refractivity contribution in [3.63, 3.8) is 0 Å². The van der Waals surface area contributed by atoms with Gasteiger partial charge in [-0.3, -0.25) is 19.3 Å². The van der Waals surface area contributed by atoms with E-state index >= 15 is 0 Å². The van der Waals surface area contributed by atoms with Crippen LogP contribution in [0.3, 0.4) is 0 Å². The van der Waals surface area contributed by atoms with Gasteiger partial charge in [-0.15, -0.1) is 0 Å². The van der Waals surface area contributed by atoms with E-state index in [0.29, 0.717) is 44.0 Å². The summed E-state index contributed by atoms with van der Waals surface area (Å²) in [5, 5.41) is 15.7. The Balaban J connectivity index is 0.967. The number of ether oxygens (including phenoxy) is 3. The van der Waals surface area contributed by atoms with Crippen molar-refractivity contribution in [3.05, 3.63) is 102 Å². The van der Waals surface area contributed by atoms with Gasteiger partial charge in [-0.05, 0) is 48.3 Å². The van der Waals surface area contributed by atoms with E-state index in [1.54, 1.807) is 17.0 Å². The third kappa shape index (κ3) is 8.86. The molecule has 1 unspecified atom stereocenters. The Morgan fingerprint density at radius 1 is 0.932 bits per heavy atom. The van der Waals surface area contributed by atoms with Crippen molar-refractivity contribution in [1.82, 2.24) is 30.4 Å². The van der Waals surface area contributed by atoms with Crippen LogP contribution in [0.25, 0.3) is 22.4 Å². The molecule has 4 atom stereocenters. The van der Waals surface area contributed by atoms with Crippen molar-refractivity contribution in [2.45, 2.75) is 75.9 Å². The molecule has 15 heteroatoms. The Labute approximate surface area is 342 Å². The lowest BCUT2D eigenvalue weighted by Crippen LogP contribution is -2.54. The summed E-state index contributed by atoms with van der Waals surface area (Å²) in [5.41, 5.74) is 4.69. The quantitative estimate of drug-likeness (QED) is 0.131. The lowest BCUT2D eigenvalue weighted by Gasteiger charge is -2.39. The summed E-state index contributed by atoms with van der Waals surface area (Å²) in [6.45, 7) is 4.79. The molecule has 310 valence electrons. The predicted octanol–water partition coefficient (Wildman–Crippen LogP) is 5.58. The standard InChI is InChI=1S/C44H50N6O9/c1-27(2)38(48-42(54)57-3)41(53)49-20-7-11-34(49)39-45-25-33(47-39)31-16-12-29(13-17-31)30-14-18-32(19-15-30)36(51)26-46-40(52)35-24-44(58-21-8-22-59-44)37(50(35)43(55)56)23-28-9-5-4-6-10-28/h4-6,9-10,12-19,25,27,34-35,37-38H,7-8,11,20-24,26H2,1-3H3,(H,45,47)(H,46,52)(H,48,54)(H,55,56)/t34-,35-,37?,38-/m0/s1.